The van der Waals surface area contributed by atoms with E-state index in [4.69, 9.17) is 4.74 Å². The van der Waals surface area contributed by atoms with Gasteiger partial charge in [-0.15, -0.1) is 0 Å². The minimum absolute atomic E-state index is 0.192. The van der Waals surface area contributed by atoms with Crippen molar-refractivity contribution in [2.24, 2.45) is 5.92 Å². The Kier molecular flexibility index (Phi) is 6.65. The highest BCUT2D eigenvalue weighted by Gasteiger charge is 2.30. The number of hydrogen-bond acceptors (Lipinski definition) is 2. The first kappa shape index (κ1) is 16.9. The Morgan fingerprint density at radius 1 is 1.29 bits per heavy atom. The average Bonchev–Trinajstić information content (AvgIpc) is 2.47. The van der Waals surface area contributed by atoms with Crippen molar-refractivity contribution in [1.29, 1.82) is 0 Å². The van der Waals surface area contributed by atoms with Crippen molar-refractivity contribution in [1.82, 2.24) is 5.32 Å². The van der Waals surface area contributed by atoms with E-state index >= 15 is 0 Å². The molecule has 2 rings (SSSR count). The summed E-state index contributed by atoms with van der Waals surface area (Å²) in [6.07, 6.45) is 7.39. The zero-order chi connectivity index (χ0) is 15.2. The SMILES string of the molecule is CNC(Cc1cc(F)cc(Br)c1)C(OC)C1CCCCC1. The van der Waals surface area contributed by atoms with Crippen molar-refractivity contribution in [3.8, 4) is 0 Å². The third-order valence-electron chi connectivity index (χ3n) is 4.53. The zero-order valence-electron chi connectivity index (χ0n) is 12.9. The smallest absolute Gasteiger partial charge is 0.124 e. The molecule has 0 aliphatic heterocycles. The van der Waals surface area contributed by atoms with Crippen LogP contribution in [0.15, 0.2) is 22.7 Å². The van der Waals surface area contributed by atoms with E-state index in [1.807, 2.05) is 13.1 Å². The van der Waals surface area contributed by atoms with Crippen LogP contribution in [0.3, 0.4) is 0 Å². The van der Waals surface area contributed by atoms with Gasteiger partial charge in [0, 0.05) is 17.6 Å². The minimum Gasteiger partial charge on any atom is -0.380 e. The van der Waals surface area contributed by atoms with Crippen molar-refractivity contribution >= 4 is 15.9 Å². The summed E-state index contributed by atoms with van der Waals surface area (Å²) in [5, 5.41) is 3.38. The maximum Gasteiger partial charge on any atom is 0.124 e. The molecule has 1 aromatic carbocycles. The Bertz CT molecular complexity index is 428. The van der Waals surface area contributed by atoms with Crippen LogP contribution in [-0.4, -0.2) is 26.3 Å². The van der Waals surface area contributed by atoms with Crippen molar-refractivity contribution < 1.29 is 9.13 Å². The van der Waals surface area contributed by atoms with Crippen LogP contribution in [0, 0.1) is 11.7 Å². The lowest BCUT2D eigenvalue weighted by Gasteiger charge is -2.35. The quantitative estimate of drug-likeness (QED) is 0.818. The maximum atomic E-state index is 13.5. The topological polar surface area (TPSA) is 21.3 Å². The van der Waals surface area contributed by atoms with E-state index in [0.29, 0.717) is 5.92 Å². The second-order valence-electron chi connectivity index (χ2n) is 5.98. The van der Waals surface area contributed by atoms with Gasteiger partial charge >= 0.3 is 0 Å². The summed E-state index contributed by atoms with van der Waals surface area (Å²) in [7, 11) is 3.76. The molecule has 2 nitrogen and oxygen atoms in total. The molecule has 1 fully saturated rings. The fourth-order valence-electron chi connectivity index (χ4n) is 3.51. The summed E-state index contributed by atoms with van der Waals surface area (Å²) >= 11 is 3.36. The molecule has 1 aromatic rings. The maximum absolute atomic E-state index is 13.5. The number of halogens is 2. The predicted octanol–water partition coefficient (Wildman–Crippen LogP) is 4.31. The zero-order valence-corrected chi connectivity index (χ0v) is 14.5. The highest BCUT2D eigenvalue weighted by molar-refractivity contribution is 9.10. The number of methoxy groups -OCH3 is 1. The molecular formula is C17H25BrFNO. The summed E-state index contributed by atoms with van der Waals surface area (Å²) in [4.78, 5) is 0. The molecule has 4 heteroatoms. The molecule has 0 bridgehead atoms. The third kappa shape index (κ3) is 4.76. The number of rotatable bonds is 6. The van der Waals surface area contributed by atoms with Crippen molar-refractivity contribution in [3.05, 3.63) is 34.1 Å². The standard InChI is InChI=1S/C17H25BrFNO/c1-20-16(10-12-8-14(18)11-15(19)9-12)17(21-2)13-6-4-3-5-7-13/h8-9,11,13,16-17,20H,3-7,10H2,1-2H3. The number of ether oxygens (including phenoxy) is 1. The van der Waals surface area contributed by atoms with Crippen molar-refractivity contribution in [3.63, 3.8) is 0 Å². The van der Waals surface area contributed by atoms with Crippen LogP contribution in [0.25, 0.3) is 0 Å². The molecule has 0 radical (unpaired) electrons. The monoisotopic (exact) mass is 357 g/mol. The highest BCUT2D eigenvalue weighted by Crippen LogP contribution is 2.30. The second kappa shape index (κ2) is 8.25. The van der Waals surface area contributed by atoms with Crippen molar-refractivity contribution in [2.45, 2.75) is 50.7 Å². The molecular weight excluding hydrogens is 333 g/mol. The van der Waals surface area contributed by atoms with E-state index in [-0.39, 0.29) is 18.0 Å². The Labute approximate surface area is 135 Å². The van der Waals surface area contributed by atoms with Crippen LogP contribution in [0.2, 0.25) is 0 Å². The summed E-state index contributed by atoms with van der Waals surface area (Å²) in [6, 6.07) is 5.31. The van der Waals surface area contributed by atoms with Gasteiger partial charge in [-0.2, -0.15) is 0 Å². The molecule has 0 spiro atoms. The molecule has 2 atom stereocenters. The lowest BCUT2D eigenvalue weighted by atomic mass is 9.81. The lowest BCUT2D eigenvalue weighted by Crippen LogP contribution is -2.45. The first-order valence-corrected chi connectivity index (χ1v) is 8.58. The van der Waals surface area contributed by atoms with Crippen LogP contribution < -0.4 is 5.32 Å². The van der Waals surface area contributed by atoms with E-state index in [1.54, 1.807) is 13.2 Å². The fraction of sp³-hybridized carbons (Fsp3) is 0.647. The molecule has 0 amide bonds. The molecule has 2 unspecified atom stereocenters. The molecule has 0 aromatic heterocycles. The van der Waals surface area contributed by atoms with Gasteiger partial charge in [0.1, 0.15) is 5.82 Å². The van der Waals surface area contributed by atoms with E-state index in [2.05, 4.69) is 21.2 Å². The summed E-state index contributed by atoms with van der Waals surface area (Å²) in [5.41, 5.74) is 0.999. The van der Waals surface area contributed by atoms with Crippen LogP contribution >= 0.6 is 15.9 Å². The van der Waals surface area contributed by atoms with E-state index in [9.17, 15) is 4.39 Å². The number of nitrogens with one attached hydrogen (secondary N) is 1. The van der Waals surface area contributed by atoms with Gasteiger partial charge in [-0.05, 0) is 56.0 Å². The minimum atomic E-state index is -0.194. The summed E-state index contributed by atoms with van der Waals surface area (Å²) < 4.78 is 20.1. The van der Waals surface area contributed by atoms with Gasteiger partial charge in [0.15, 0.2) is 0 Å². The molecule has 1 aliphatic rings. The Morgan fingerprint density at radius 2 is 2.00 bits per heavy atom. The second-order valence-corrected chi connectivity index (χ2v) is 6.89. The van der Waals surface area contributed by atoms with Crippen LogP contribution in [0.1, 0.15) is 37.7 Å². The lowest BCUT2D eigenvalue weighted by molar-refractivity contribution is 0.0101. The third-order valence-corrected chi connectivity index (χ3v) is 4.99. The molecule has 1 N–H and O–H groups in total. The first-order chi connectivity index (χ1) is 10.1. The molecule has 0 heterocycles. The largest absolute Gasteiger partial charge is 0.380 e. The van der Waals surface area contributed by atoms with Gasteiger partial charge in [-0.25, -0.2) is 4.39 Å². The number of likely N-dealkylation sites (N-methyl/N-ethyl adjacent to an activating group) is 1. The molecule has 21 heavy (non-hydrogen) atoms. The van der Waals surface area contributed by atoms with Crippen LogP contribution in [-0.2, 0) is 11.2 Å². The normalized spacial score (nSPS) is 19.4. The van der Waals surface area contributed by atoms with E-state index in [0.717, 1.165) is 16.5 Å². The Balaban J connectivity index is 2.09. The molecule has 0 saturated heterocycles. The summed E-state index contributed by atoms with van der Waals surface area (Å²) in [6.45, 7) is 0. The molecule has 1 saturated carbocycles. The van der Waals surface area contributed by atoms with Gasteiger partial charge in [-0.1, -0.05) is 35.2 Å². The Hall–Kier alpha value is -0.450. The van der Waals surface area contributed by atoms with Gasteiger partial charge in [0.2, 0.25) is 0 Å². The van der Waals surface area contributed by atoms with Crippen LogP contribution in [0.4, 0.5) is 4.39 Å². The van der Waals surface area contributed by atoms with Gasteiger partial charge in [0.05, 0.1) is 6.10 Å². The Morgan fingerprint density at radius 3 is 2.57 bits per heavy atom. The predicted molar refractivity (Wildman–Crippen MR) is 88.0 cm³/mol. The van der Waals surface area contributed by atoms with E-state index in [1.165, 1.54) is 38.2 Å². The average molecular weight is 358 g/mol. The number of hydrogen-bond donors (Lipinski definition) is 1. The van der Waals surface area contributed by atoms with Gasteiger partial charge in [-0.3, -0.25) is 0 Å². The molecule has 118 valence electrons. The fourth-order valence-corrected chi connectivity index (χ4v) is 4.03. The first-order valence-electron chi connectivity index (χ1n) is 7.79. The van der Waals surface area contributed by atoms with Crippen LogP contribution in [0.5, 0.6) is 0 Å². The van der Waals surface area contributed by atoms with Gasteiger partial charge in [0.25, 0.3) is 0 Å². The number of benzene rings is 1. The van der Waals surface area contributed by atoms with E-state index < -0.39 is 0 Å². The van der Waals surface area contributed by atoms with Crippen molar-refractivity contribution in [2.75, 3.05) is 14.2 Å². The van der Waals surface area contributed by atoms with Gasteiger partial charge < -0.3 is 10.1 Å². The highest BCUT2D eigenvalue weighted by atomic mass is 79.9. The summed E-state index contributed by atoms with van der Waals surface area (Å²) in [5.74, 6) is 0.416. The molecule has 1 aliphatic carbocycles.